The van der Waals surface area contributed by atoms with Crippen LogP contribution in [0.5, 0.6) is 0 Å². The molecule has 0 radical (unpaired) electrons. The minimum absolute atomic E-state index is 0.193. The van der Waals surface area contributed by atoms with Crippen LogP contribution in [0.25, 0.3) is 11.3 Å². The molecule has 1 saturated heterocycles. The SMILES string of the molecule is CC(c1cnc(N2C[C@@H]3C[C@@H]3[C@@H]2C#N)nc1)n1cc(NC(=O)c2cncc(-c3c(C(F)F)ccc(Cl)c3F)n2)cn1. The smallest absolute Gasteiger partial charge is 0.275 e. The molecule has 6 rings (SSSR count). The Morgan fingerprint density at radius 3 is 2.71 bits per heavy atom. The van der Waals surface area contributed by atoms with Gasteiger partial charge in [0.05, 0.1) is 47.1 Å². The van der Waals surface area contributed by atoms with Gasteiger partial charge in [-0.15, -0.1) is 0 Å². The molecular weight excluding hydrogens is 559 g/mol. The van der Waals surface area contributed by atoms with Crippen LogP contribution in [0, 0.1) is 29.0 Å². The third kappa shape index (κ3) is 4.95. The summed E-state index contributed by atoms with van der Waals surface area (Å²) < 4.78 is 43.4. The van der Waals surface area contributed by atoms with Crippen molar-refractivity contribution < 1.29 is 18.0 Å². The first-order chi connectivity index (χ1) is 19.7. The van der Waals surface area contributed by atoms with Crippen molar-refractivity contribution in [3.05, 3.63) is 77.0 Å². The standard InChI is InChI=1S/C27H21ClF3N9O/c1-13(15-6-34-27(35-7-15)39-11-14-4-18(14)22(39)5-32)40-12-16(8-36-40)37-26(41)21-10-33-9-20(38-21)23-17(25(30)31)2-3-19(28)24(23)29/h2-3,6-10,12-14,18,22,25H,4,11H2,1H3,(H,37,41)/t13?,14-,18-,22-/m0/s1. The highest BCUT2D eigenvalue weighted by molar-refractivity contribution is 6.31. The zero-order valence-electron chi connectivity index (χ0n) is 21.4. The lowest BCUT2D eigenvalue weighted by Gasteiger charge is -2.22. The van der Waals surface area contributed by atoms with Gasteiger partial charge in [0, 0.05) is 41.8 Å². The molecule has 1 aliphatic carbocycles. The fourth-order valence-electron chi connectivity index (χ4n) is 5.10. The van der Waals surface area contributed by atoms with Crippen LogP contribution in [0.2, 0.25) is 5.02 Å². The summed E-state index contributed by atoms with van der Waals surface area (Å²) in [6.07, 6.45) is 6.71. The fourth-order valence-corrected chi connectivity index (χ4v) is 5.26. The number of nitriles is 1. The Balaban J connectivity index is 1.16. The highest BCUT2D eigenvalue weighted by atomic mass is 35.5. The molecule has 41 heavy (non-hydrogen) atoms. The number of piperidine rings is 1. The number of fused-ring (bicyclic) bond motifs is 1. The number of nitrogens with zero attached hydrogens (tertiary/aromatic N) is 8. The van der Waals surface area contributed by atoms with Crippen molar-refractivity contribution in [3.63, 3.8) is 0 Å². The molecule has 2 aliphatic rings. The van der Waals surface area contributed by atoms with E-state index in [0.29, 0.717) is 23.5 Å². The lowest BCUT2D eigenvalue weighted by atomic mass is 10.0. The highest BCUT2D eigenvalue weighted by Gasteiger charge is 2.53. The number of hydrogen-bond acceptors (Lipinski definition) is 8. The van der Waals surface area contributed by atoms with E-state index in [1.54, 1.807) is 23.3 Å². The lowest BCUT2D eigenvalue weighted by molar-refractivity contribution is 0.102. The van der Waals surface area contributed by atoms with Crippen LogP contribution in [0.1, 0.15) is 47.4 Å². The molecule has 3 aromatic heterocycles. The number of carbonyl (C=O) groups is 1. The minimum Gasteiger partial charge on any atom is -0.324 e. The summed E-state index contributed by atoms with van der Waals surface area (Å²) >= 11 is 5.80. The summed E-state index contributed by atoms with van der Waals surface area (Å²) in [5, 5.41) is 16.1. The van der Waals surface area contributed by atoms with Gasteiger partial charge in [0.25, 0.3) is 12.3 Å². The van der Waals surface area contributed by atoms with Crippen molar-refractivity contribution in [2.24, 2.45) is 11.8 Å². The molecular formula is C27H21ClF3N9O. The Labute approximate surface area is 236 Å². The predicted octanol–water partition coefficient (Wildman–Crippen LogP) is 5.07. The van der Waals surface area contributed by atoms with Crippen LogP contribution >= 0.6 is 11.6 Å². The zero-order valence-corrected chi connectivity index (χ0v) is 22.2. The van der Waals surface area contributed by atoms with Crippen LogP contribution in [0.15, 0.2) is 49.3 Å². The first kappa shape index (κ1) is 26.6. The maximum absolute atomic E-state index is 14.7. The van der Waals surface area contributed by atoms with Gasteiger partial charge < -0.3 is 10.2 Å². The van der Waals surface area contributed by atoms with Crippen molar-refractivity contribution in [3.8, 4) is 17.3 Å². The lowest BCUT2D eigenvalue weighted by Crippen LogP contribution is -2.33. The number of rotatable bonds is 7. The Hall–Kier alpha value is -4.57. The number of amides is 1. The molecule has 1 aliphatic heterocycles. The molecule has 1 saturated carbocycles. The first-order valence-corrected chi connectivity index (χ1v) is 13.0. The third-order valence-electron chi connectivity index (χ3n) is 7.42. The second-order valence-electron chi connectivity index (χ2n) is 9.96. The molecule has 4 heterocycles. The van der Waals surface area contributed by atoms with E-state index in [2.05, 4.69) is 36.4 Å². The van der Waals surface area contributed by atoms with E-state index in [-0.39, 0.29) is 28.5 Å². The van der Waals surface area contributed by atoms with Gasteiger partial charge in [-0.1, -0.05) is 17.7 Å². The second-order valence-corrected chi connectivity index (χ2v) is 10.4. The molecule has 208 valence electrons. The zero-order chi connectivity index (χ0) is 28.8. The van der Waals surface area contributed by atoms with E-state index in [4.69, 9.17) is 11.6 Å². The maximum Gasteiger partial charge on any atom is 0.275 e. The quantitative estimate of drug-likeness (QED) is 0.322. The third-order valence-corrected chi connectivity index (χ3v) is 7.71. The van der Waals surface area contributed by atoms with Gasteiger partial charge in [-0.05, 0) is 31.2 Å². The van der Waals surface area contributed by atoms with Gasteiger partial charge in [-0.2, -0.15) is 10.4 Å². The second kappa shape index (κ2) is 10.4. The molecule has 2 fully saturated rings. The number of anilines is 2. The molecule has 1 unspecified atom stereocenters. The summed E-state index contributed by atoms with van der Waals surface area (Å²) in [5.41, 5.74) is -0.511. The molecule has 0 bridgehead atoms. The van der Waals surface area contributed by atoms with Crippen LogP contribution in [-0.4, -0.2) is 48.2 Å². The molecule has 14 heteroatoms. The number of nitrogens with one attached hydrogen (secondary N) is 1. The van der Waals surface area contributed by atoms with E-state index >= 15 is 0 Å². The van der Waals surface area contributed by atoms with Crippen molar-refractivity contribution >= 4 is 29.1 Å². The van der Waals surface area contributed by atoms with Crippen molar-refractivity contribution in [2.45, 2.75) is 31.9 Å². The van der Waals surface area contributed by atoms with E-state index in [1.807, 2.05) is 11.8 Å². The van der Waals surface area contributed by atoms with Gasteiger partial charge in [-0.25, -0.2) is 28.1 Å². The van der Waals surface area contributed by atoms with Gasteiger partial charge in [0.1, 0.15) is 11.7 Å². The van der Waals surface area contributed by atoms with E-state index < -0.39 is 29.3 Å². The molecule has 4 atom stereocenters. The Bertz CT molecular complexity index is 1670. The number of benzene rings is 1. The van der Waals surface area contributed by atoms with Crippen molar-refractivity contribution in [1.29, 1.82) is 5.26 Å². The molecule has 1 aromatic carbocycles. The van der Waals surface area contributed by atoms with Gasteiger partial charge >= 0.3 is 0 Å². The van der Waals surface area contributed by atoms with Crippen LogP contribution in [0.4, 0.5) is 24.8 Å². The number of aromatic nitrogens is 6. The molecule has 10 nitrogen and oxygen atoms in total. The molecule has 4 aromatic rings. The molecule has 1 N–H and O–H groups in total. The Kier molecular flexibility index (Phi) is 6.78. The summed E-state index contributed by atoms with van der Waals surface area (Å²) in [4.78, 5) is 31.7. The molecule has 1 amide bonds. The van der Waals surface area contributed by atoms with E-state index in [9.17, 15) is 23.2 Å². The van der Waals surface area contributed by atoms with Crippen molar-refractivity contribution in [2.75, 3.05) is 16.8 Å². The average molecular weight is 580 g/mol. The predicted molar refractivity (Wildman–Crippen MR) is 142 cm³/mol. The molecule has 0 spiro atoms. The summed E-state index contributed by atoms with van der Waals surface area (Å²) in [6, 6.07) is 3.92. The number of carbonyl (C=O) groups excluding carboxylic acids is 1. The van der Waals surface area contributed by atoms with Crippen LogP contribution < -0.4 is 10.2 Å². The maximum atomic E-state index is 14.7. The van der Waals surface area contributed by atoms with Crippen LogP contribution in [0.3, 0.4) is 0 Å². The average Bonchev–Trinajstić information content (AvgIpc) is 3.41. The van der Waals surface area contributed by atoms with Gasteiger partial charge in [0.15, 0.2) is 5.82 Å². The van der Waals surface area contributed by atoms with Crippen LogP contribution in [-0.2, 0) is 0 Å². The largest absolute Gasteiger partial charge is 0.324 e. The van der Waals surface area contributed by atoms with Crippen molar-refractivity contribution in [1.82, 2.24) is 29.7 Å². The van der Waals surface area contributed by atoms with E-state index in [0.717, 1.165) is 43.1 Å². The fraction of sp³-hybridized carbons (Fsp3) is 0.296. The Morgan fingerprint density at radius 2 is 1.98 bits per heavy atom. The summed E-state index contributed by atoms with van der Waals surface area (Å²) in [7, 11) is 0. The number of alkyl halides is 2. The van der Waals surface area contributed by atoms with Gasteiger partial charge in [0.2, 0.25) is 5.95 Å². The normalized spacial score (nSPS) is 20.0. The van der Waals surface area contributed by atoms with E-state index in [1.165, 1.54) is 6.20 Å². The topological polar surface area (TPSA) is 126 Å². The monoisotopic (exact) mass is 579 g/mol. The Morgan fingerprint density at radius 1 is 1.20 bits per heavy atom. The number of halogens is 4. The minimum atomic E-state index is -2.99. The highest BCUT2D eigenvalue weighted by Crippen LogP contribution is 2.50. The first-order valence-electron chi connectivity index (χ1n) is 12.7. The summed E-state index contributed by atoms with van der Waals surface area (Å²) in [5.74, 6) is -0.307. The summed E-state index contributed by atoms with van der Waals surface area (Å²) in [6.45, 7) is 2.67. The van der Waals surface area contributed by atoms with Gasteiger partial charge in [-0.3, -0.25) is 14.5 Å². The number of hydrogen-bond donors (Lipinski definition) is 1.